The highest BCUT2D eigenvalue weighted by Gasteiger charge is 2.26. The largest absolute Gasteiger partial charge is 0.462 e. The smallest absolute Gasteiger partial charge is 0.326 e. The maximum absolute atomic E-state index is 12.7. The molecule has 44 heavy (non-hydrogen) atoms. The molecule has 0 aliphatic carbocycles. The zero-order chi connectivity index (χ0) is 30.8. The van der Waals surface area contributed by atoms with E-state index in [9.17, 15) is 9.59 Å². The molecule has 3 aliphatic rings. The van der Waals surface area contributed by atoms with Crippen molar-refractivity contribution >= 4 is 33.9 Å². The molecule has 234 valence electrons. The number of amides is 1. The fourth-order valence-electron chi connectivity index (χ4n) is 6.93. The maximum Gasteiger partial charge on any atom is 0.326 e. The lowest BCUT2D eigenvalue weighted by Crippen LogP contribution is -2.38. The van der Waals surface area contributed by atoms with Gasteiger partial charge < -0.3 is 28.6 Å². The van der Waals surface area contributed by atoms with E-state index in [-0.39, 0.29) is 24.5 Å². The molecule has 0 N–H and O–H groups in total. The second kappa shape index (κ2) is 13.1. The third kappa shape index (κ3) is 6.23. The number of likely N-dealkylation sites (N-methyl/N-ethyl adjacent to an activating group) is 2. The van der Waals surface area contributed by atoms with Crippen LogP contribution in [-0.2, 0) is 53.3 Å². The molecular weight excluding hydrogens is 554 g/mol. The van der Waals surface area contributed by atoms with Gasteiger partial charge in [-0.3, -0.25) is 9.59 Å². The summed E-state index contributed by atoms with van der Waals surface area (Å²) < 4.78 is 9.47. The summed E-state index contributed by atoms with van der Waals surface area (Å²) in [5.74, 6) is 0.0341. The Balaban J connectivity index is 0.000000157. The molecule has 0 radical (unpaired) electrons. The highest BCUT2D eigenvalue weighted by atomic mass is 16.5. The Bertz CT molecular complexity index is 1650. The maximum atomic E-state index is 12.7. The molecule has 1 amide bonds. The van der Waals surface area contributed by atoms with Crippen molar-refractivity contribution in [2.45, 2.75) is 78.2 Å². The number of aromatic nitrogens is 4. The molecular formula is C34H45N7O3. The number of pyridine rings is 2. The van der Waals surface area contributed by atoms with E-state index in [2.05, 4.69) is 50.6 Å². The second-order valence-corrected chi connectivity index (χ2v) is 12.7. The predicted octanol–water partition coefficient (Wildman–Crippen LogP) is 4.01. The predicted molar refractivity (Wildman–Crippen MR) is 171 cm³/mol. The Kier molecular flexibility index (Phi) is 9.00. The highest BCUT2D eigenvalue weighted by molar-refractivity contribution is 5.86. The number of rotatable bonds is 5. The first kappa shape index (κ1) is 30.3. The molecule has 1 saturated heterocycles. The van der Waals surface area contributed by atoms with Crippen molar-refractivity contribution in [1.29, 1.82) is 0 Å². The zero-order valence-corrected chi connectivity index (χ0v) is 26.6. The third-order valence-electron chi connectivity index (χ3n) is 9.07. The average molecular weight is 600 g/mol. The van der Waals surface area contributed by atoms with Crippen LogP contribution in [0.25, 0.3) is 22.1 Å². The Labute approximate surface area is 259 Å². The first-order valence-corrected chi connectivity index (χ1v) is 16.0. The lowest BCUT2D eigenvalue weighted by molar-refractivity contribution is -0.148. The fourth-order valence-corrected chi connectivity index (χ4v) is 6.93. The van der Waals surface area contributed by atoms with Gasteiger partial charge in [0.1, 0.15) is 24.4 Å². The summed E-state index contributed by atoms with van der Waals surface area (Å²) >= 11 is 0. The van der Waals surface area contributed by atoms with Crippen molar-refractivity contribution in [1.82, 2.24) is 33.8 Å². The van der Waals surface area contributed by atoms with Gasteiger partial charge in [0.05, 0.1) is 6.10 Å². The van der Waals surface area contributed by atoms with Crippen LogP contribution in [0.1, 0.15) is 55.6 Å². The molecule has 1 fully saturated rings. The lowest BCUT2D eigenvalue weighted by Gasteiger charge is -2.28. The zero-order valence-electron chi connectivity index (χ0n) is 26.6. The number of likely N-dealkylation sites (tertiary alicyclic amines) is 1. The van der Waals surface area contributed by atoms with Crippen LogP contribution < -0.4 is 0 Å². The number of piperidine rings is 1. The number of hydrogen-bond acceptors (Lipinski definition) is 7. The standard InChI is InChI=1S/C18H24N4O.C16H21N3O2/c1-20-11-7-14-15-6-5-8-19-18(15)22(16(14)12-20)13-17(23)21-9-3-2-4-10-21;1-11(2)21-15(20)10-19-14-9-18(3)8-6-12(14)13-5-4-7-17-16(13)19/h5-6,8H,2-4,7,9-13H2,1H3;4-5,7,11H,6,8-10H2,1-3H3. The van der Waals surface area contributed by atoms with Crippen molar-refractivity contribution in [3.63, 3.8) is 0 Å². The molecule has 0 saturated carbocycles. The van der Waals surface area contributed by atoms with Crippen molar-refractivity contribution in [2.24, 2.45) is 0 Å². The SMILES string of the molecule is CC(C)OC(=O)Cn1c2c(c3cccnc31)CCN(C)C2.CN1CCc2c(n(CC(=O)N3CCCCC3)c3ncccc23)C1. The number of nitrogens with zero attached hydrogens (tertiary/aromatic N) is 7. The molecule has 0 spiro atoms. The normalized spacial score (nSPS) is 17.3. The number of fused-ring (bicyclic) bond motifs is 6. The van der Waals surface area contributed by atoms with Crippen molar-refractivity contribution in [3.05, 3.63) is 59.2 Å². The second-order valence-electron chi connectivity index (χ2n) is 12.7. The van der Waals surface area contributed by atoms with Gasteiger partial charge in [0.2, 0.25) is 5.91 Å². The number of esters is 1. The fraction of sp³-hybridized carbons (Fsp3) is 0.529. The average Bonchev–Trinajstić information content (AvgIpc) is 3.49. The van der Waals surface area contributed by atoms with Gasteiger partial charge in [0, 0.05) is 73.8 Å². The summed E-state index contributed by atoms with van der Waals surface area (Å²) in [6.07, 6.45) is 9.08. The number of ether oxygens (including phenoxy) is 1. The Morgan fingerprint density at radius 3 is 1.82 bits per heavy atom. The number of hydrogen-bond donors (Lipinski definition) is 0. The summed E-state index contributed by atoms with van der Waals surface area (Å²) in [5, 5.41) is 2.39. The first-order chi connectivity index (χ1) is 21.3. The quantitative estimate of drug-likeness (QED) is 0.320. The van der Waals surface area contributed by atoms with Crippen molar-refractivity contribution < 1.29 is 14.3 Å². The van der Waals surface area contributed by atoms with Gasteiger partial charge in [-0.25, -0.2) is 9.97 Å². The van der Waals surface area contributed by atoms with Crippen molar-refractivity contribution in [2.75, 3.05) is 40.3 Å². The van der Waals surface area contributed by atoms with Gasteiger partial charge in [0.25, 0.3) is 0 Å². The van der Waals surface area contributed by atoms with Crippen LogP contribution >= 0.6 is 0 Å². The lowest BCUT2D eigenvalue weighted by atomic mass is 10.0. The van der Waals surface area contributed by atoms with E-state index >= 15 is 0 Å². The van der Waals surface area contributed by atoms with Crippen LogP contribution in [0.2, 0.25) is 0 Å². The molecule has 7 heterocycles. The van der Waals surface area contributed by atoms with Crippen LogP contribution in [0.4, 0.5) is 0 Å². The minimum absolute atomic E-state index is 0.0919. The van der Waals surface area contributed by atoms with E-state index in [4.69, 9.17) is 4.74 Å². The molecule has 7 rings (SSSR count). The molecule has 0 unspecified atom stereocenters. The van der Waals surface area contributed by atoms with Gasteiger partial charge in [0.15, 0.2) is 0 Å². The number of carbonyl (C=O) groups excluding carboxylic acids is 2. The first-order valence-electron chi connectivity index (χ1n) is 16.0. The topological polar surface area (TPSA) is 88.7 Å². The van der Waals surface area contributed by atoms with E-state index in [1.54, 1.807) is 6.20 Å². The van der Waals surface area contributed by atoms with Crippen LogP contribution in [0, 0.1) is 0 Å². The monoisotopic (exact) mass is 599 g/mol. The Hall–Kier alpha value is -3.76. The molecule has 3 aliphatic heterocycles. The summed E-state index contributed by atoms with van der Waals surface area (Å²) in [6, 6.07) is 8.20. The molecule has 0 aromatic carbocycles. The van der Waals surface area contributed by atoms with E-state index in [0.29, 0.717) is 6.54 Å². The van der Waals surface area contributed by atoms with E-state index in [0.717, 1.165) is 81.6 Å². The summed E-state index contributed by atoms with van der Waals surface area (Å²) in [4.78, 5) is 40.5. The van der Waals surface area contributed by atoms with Crippen LogP contribution in [-0.4, -0.2) is 92.1 Å². The molecule has 4 aromatic heterocycles. The minimum atomic E-state index is -0.205. The van der Waals surface area contributed by atoms with Gasteiger partial charge in [-0.1, -0.05) is 0 Å². The highest BCUT2D eigenvalue weighted by Crippen LogP contribution is 2.30. The summed E-state index contributed by atoms with van der Waals surface area (Å²) in [6.45, 7) is 10.1. The molecule has 4 aromatic rings. The summed E-state index contributed by atoms with van der Waals surface area (Å²) in [5.41, 5.74) is 7.04. The molecule has 10 nitrogen and oxygen atoms in total. The summed E-state index contributed by atoms with van der Waals surface area (Å²) in [7, 11) is 4.25. The van der Waals surface area contributed by atoms with Gasteiger partial charge in [-0.05, 0) is 95.4 Å². The van der Waals surface area contributed by atoms with Gasteiger partial charge in [-0.2, -0.15) is 0 Å². The Morgan fingerprint density at radius 1 is 0.773 bits per heavy atom. The number of carbonyl (C=O) groups is 2. The van der Waals surface area contributed by atoms with E-state index in [1.165, 1.54) is 34.3 Å². The van der Waals surface area contributed by atoms with E-state index < -0.39 is 0 Å². The van der Waals surface area contributed by atoms with Crippen LogP contribution in [0.3, 0.4) is 0 Å². The van der Waals surface area contributed by atoms with Crippen LogP contribution in [0.5, 0.6) is 0 Å². The van der Waals surface area contributed by atoms with Gasteiger partial charge >= 0.3 is 5.97 Å². The van der Waals surface area contributed by atoms with Gasteiger partial charge in [-0.15, -0.1) is 0 Å². The van der Waals surface area contributed by atoms with E-state index in [1.807, 2.05) is 41.6 Å². The molecule has 0 atom stereocenters. The minimum Gasteiger partial charge on any atom is -0.462 e. The van der Waals surface area contributed by atoms with Crippen molar-refractivity contribution in [3.8, 4) is 0 Å². The third-order valence-corrected chi connectivity index (χ3v) is 9.07. The Morgan fingerprint density at radius 2 is 1.30 bits per heavy atom. The van der Waals surface area contributed by atoms with Crippen LogP contribution in [0.15, 0.2) is 36.7 Å². The molecule has 10 heteroatoms. The molecule has 0 bridgehead atoms.